The quantitative estimate of drug-likeness (QED) is 0.636. The van der Waals surface area contributed by atoms with Crippen LogP contribution in [0.2, 0.25) is 0 Å². The number of aliphatic hydroxyl groups excluding tert-OH is 1. The molecule has 2 aliphatic rings. The molecule has 1 aromatic carbocycles. The number of para-hydroxylation sites is 1. The van der Waals surface area contributed by atoms with Gasteiger partial charge < -0.3 is 14.7 Å². The predicted molar refractivity (Wildman–Crippen MR) is 119 cm³/mol. The number of aryl methyl sites for hydroxylation is 1. The van der Waals surface area contributed by atoms with E-state index >= 15 is 4.39 Å². The molecule has 1 N–H and O–H groups in total. The molecule has 0 bridgehead atoms. The average Bonchev–Trinajstić information content (AvgIpc) is 3.38. The van der Waals surface area contributed by atoms with Crippen LogP contribution in [0.25, 0.3) is 0 Å². The first kappa shape index (κ1) is 22.6. The van der Waals surface area contributed by atoms with Crippen LogP contribution in [0.5, 0.6) is 0 Å². The van der Waals surface area contributed by atoms with Gasteiger partial charge in [0.2, 0.25) is 0 Å². The molecule has 0 radical (unpaired) electrons. The lowest BCUT2D eigenvalue weighted by atomic mass is 9.71. The van der Waals surface area contributed by atoms with Crippen LogP contribution in [-0.4, -0.2) is 50.9 Å². The van der Waals surface area contributed by atoms with Gasteiger partial charge in [-0.15, -0.1) is 11.7 Å². The summed E-state index contributed by atoms with van der Waals surface area (Å²) in [4.78, 5) is 15.4. The smallest absolute Gasteiger partial charge is 0.264 e. The Balaban J connectivity index is 1.67. The van der Waals surface area contributed by atoms with E-state index in [0.717, 1.165) is 11.3 Å². The first-order valence-electron chi connectivity index (χ1n) is 11.1. The highest BCUT2D eigenvalue weighted by Gasteiger charge is 2.65. The van der Waals surface area contributed by atoms with E-state index in [1.165, 1.54) is 0 Å². The summed E-state index contributed by atoms with van der Waals surface area (Å²) in [7, 11) is 0. The number of carbonyl (C=O) groups excluding carboxylic acids is 1. The molecule has 2 aliphatic heterocycles. The van der Waals surface area contributed by atoms with Crippen LogP contribution >= 0.6 is 0 Å². The van der Waals surface area contributed by atoms with Gasteiger partial charge in [0, 0.05) is 49.7 Å². The van der Waals surface area contributed by atoms with Crippen LogP contribution in [-0.2, 0) is 28.1 Å². The molecule has 0 aliphatic carbocycles. The number of hydrogen-bond donors (Lipinski definition) is 1. The lowest BCUT2D eigenvalue weighted by molar-refractivity contribution is -0.146. The van der Waals surface area contributed by atoms with E-state index in [1.807, 2.05) is 31.2 Å². The SMILES string of the molecule is C=CCN1C(=O)[C@]2(O[C@H](CCn3cc(CCO)nn3)[C@@H](C(C)(C)F)[C@@H]2C)c2ccccc21. The summed E-state index contributed by atoms with van der Waals surface area (Å²) < 4.78 is 23.8. The van der Waals surface area contributed by atoms with E-state index in [1.54, 1.807) is 35.7 Å². The topological polar surface area (TPSA) is 80.5 Å². The van der Waals surface area contributed by atoms with Crippen molar-refractivity contribution in [3.8, 4) is 0 Å². The minimum absolute atomic E-state index is 0.00527. The first-order chi connectivity index (χ1) is 15.2. The number of anilines is 1. The zero-order valence-electron chi connectivity index (χ0n) is 18.9. The summed E-state index contributed by atoms with van der Waals surface area (Å²) in [5.74, 6) is -1.01. The van der Waals surface area contributed by atoms with Crippen molar-refractivity contribution in [2.24, 2.45) is 11.8 Å². The molecule has 1 fully saturated rings. The molecule has 2 aromatic rings. The van der Waals surface area contributed by atoms with Gasteiger partial charge in [0.15, 0.2) is 5.60 Å². The van der Waals surface area contributed by atoms with Crippen LogP contribution in [0.1, 0.15) is 38.4 Å². The summed E-state index contributed by atoms with van der Waals surface area (Å²) in [6, 6.07) is 7.60. The number of fused-ring (bicyclic) bond motifs is 2. The number of alkyl halides is 1. The molecule has 1 amide bonds. The largest absolute Gasteiger partial charge is 0.396 e. The Labute approximate surface area is 187 Å². The van der Waals surface area contributed by atoms with E-state index in [9.17, 15) is 4.79 Å². The summed E-state index contributed by atoms with van der Waals surface area (Å²) >= 11 is 0. The maximum atomic E-state index is 15.5. The molecular weight excluding hydrogens is 411 g/mol. The van der Waals surface area contributed by atoms with Gasteiger partial charge in [0.1, 0.15) is 5.67 Å². The maximum Gasteiger partial charge on any atom is 0.264 e. The third-order valence-corrected chi connectivity index (χ3v) is 6.78. The highest BCUT2D eigenvalue weighted by atomic mass is 19.1. The molecule has 0 unspecified atom stereocenters. The van der Waals surface area contributed by atoms with E-state index in [2.05, 4.69) is 16.9 Å². The minimum Gasteiger partial charge on any atom is -0.396 e. The van der Waals surface area contributed by atoms with Gasteiger partial charge in [0.05, 0.1) is 17.5 Å². The van der Waals surface area contributed by atoms with Gasteiger partial charge in [-0.3, -0.25) is 9.48 Å². The van der Waals surface area contributed by atoms with Crippen molar-refractivity contribution >= 4 is 11.6 Å². The fourth-order valence-electron chi connectivity index (χ4n) is 5.52. The van der Waals surface area contributed by atoms with Crippen LogP contribution in [0.15, 0.2) is 43.1 Å². The number of carbonyl (C=O) groups is 1. The van der Waals surface area contributed by atoms with Crippen molar-refractivity contribution in [3.05, 3.63) is 54.4 Å². The molecule has 1 aromatic heterocycles. The van der Waals surface area contributed by atoms with Crippen LogP contribution in [0.3, 0.4) is 0 Å². The number of nitrogens with zero attached hydrogens (tertiary/aromatic N) is 4. The van der Waals surface area contributed by atoms with Crippen LogP contribution in [0, 0.1) is 11.8 Å². The van der Waals surface area contributed by atoms with Crippen molar-refractivity contribution in [2.75, 3.05) is 18.1 Å². The number of ether oxygens (including phenoxy) is 1. The van der Waals surface area contributed by atoms with Gasteiger partial charge in [-0.05, 0) is 26.3 Å². The number of rotatable bonds is 8. The highest BCUT2D eigenvalue weighted by molar-refractivity contribution is 6.07. The zero-order valence-corrected chi connectivity index (χ0v) is 18.9. The second-order valence-corrected chi connectivity index (χ2v) is 9.23. The zero-order chi connectivity index (χ0) is 23.1. The summed E-state index contributed by atoms with van der Waals surface area (Å²) in [6.07, 6.45) is 3.92. The molecule has 3 heterocycles. The fourth-order valence-corrected chi connectivity index (χ4v) is 5.52. The number of aliphatic hydroxyl groups is 1. The molecule has 4 atom stereocenters. The Bertz CT molecular complexity index is 1000. The molecule has 1 saturated heterocycles. The minimum atomic E-state index is -1.54. The number of aromatic nitrogens is 3. The molecule has 1 spiro atoms. The normalized spacial score (nSPS) is 27.3. The first-order valence-corrected chi connectivity index (χ1v) is 11.1. The van der Waals surface area contributed by atoms with E-state index in [4.69, 9.17) is 9.84 Å². The number of hydrogen-bond acceptors (Lipinski definition) is 5. The standard InChI is InChI=1S/C24H31FN4O3/c1-5-12-29-19-9-7-6-8-18(19)24(22(29)31)16(2)21(23(3,4)25)20(32-24)10-13-28-15-17(11-14-30)26-27-28/h5-9,15-16,20-21,30H,1,10-14H2,2-4H3/t16-,20+,21-,24+/m0/s1. The molecule has 0 saturated carbocycles. The third-order valence-electron chi connectivity index (χ3n) is 6.78. The Hall–Kier alpha value is -2.58. The van der Waals surface area contributed by atoms with Gasteiger partial charge in [-0.25, -0.2) is 4.39 Å². The molecule has 7 nitrogen and oxygen atoms in total. The van der Waals surface area contributed by atoms with Crippen molar-refractivity contribution in [2.45, 2.75) is 57.5 Å². The van der Waals surface area contributed by atoms with Crippen molar-refractivity contribution in [3.63, 3.8) is 0 Å². The monoisotopic (exact) mass is 442 g/mol. The van der Waals surface area contributed by atoms with Crippen molar-refractivity contribution in [1.29, 1.82) is 0 Å². The fraction of sp³-hybridized carbons (Fsp3) is 0.542. The average molecular weight is 443 g/mol. The Morgan fingerprint density at radius 1 is 1.38 bits per heavy atom. The molecule has 4 rings (SSSR count). The van der Waals surface area contributed by atoms with Gasteiger partial charge in [-0.2, -0.15) is 0 Å². The Morgan fingerprint density at radius 2 is 2.12 bits per heavy atom. The van der Waals surface area contributed by atoms with Gasteiger partial charge in [0.25, 0.3) is 5.91 Å². The summed E-state index contributed by atoms with van der Waals surface area (Å²) in [6.45, 7) is 9.68. The van der Waals surface area contributed by atoms with Gasteiger partial charge in [-0.1, -0.05) is 36.4 Å². The third kappa shape index (κ3) is 3.55. The highest BCUT2D eigenvalue weighted by Crippen LogP contribution is 2.58. The molecule has 172 valence electrons. The van der Waals surface area contributed by atoms with Crippen LogP contribution < -0.4 is 4.90 Å². The lowest BCUT2D eigenvalue weighted by Gasteiger charge is -2.32. The molecule has 32 heavy (non-hydrogen) atoms. The molecule has 8 heteroatoms. The van der Waals surface area contributed by atoms with Crippen molar-refractivity contribution < 1.29 is 19.0 Å². The number of amides is 1. The Morgan fingerprint density at radius 3 is 2.81 bits per heavy atom. The van der Waals surface area contributed by atoms with Crippen LogP contribution in [0.4, 0.5) is 10.1 Å². The predicted octanol–water partition coefficient (Wildman–Crippen LogP) is 3.03. The second-order valence-electron chi connectivity index (χ2n) is 9.23. The van der Waals surface area contributed by atoms with E-state index in [0.29, 0.717) is 31.6 Å². The number of halogens is 1. The van der Waals surface area contributed by atoms with Gasteiger partial charge >= 0.3 is 0 Å². The second kappa shape index (κ2) is 8.41. The summed E-state index contributed by atoms with van der Waals surface area (Å²) in [5, 5.41) is 17.2. The molecular formula is C24H31FN4O3. The van der Waals surface area contributed by atoms with E-state index < -0.39 is 23.3 Å². The summed E-state index contributed by atoms with van der Waals surface area (Å²) in [5.41, 5.74) is -0.471. The van der Waals surface area contributed by atoms with E-state index in [-0.39, 0.29) is 18.4 Å². The maximum absolute atomic E-state index is 15.5. The number of benzene rings is 1. The Kier molecular flexibility index (Phi) is 5.94. The lowest BCUT2D eigenvalue weighted by Crippen LogP contribution is -2.45. The van der Waals surface area contributed by atoms with Crippen molar-refractivity contribution in [1.82, 2.24) is 15.0 Å².